The van der Waals surface area contributed by atoms with Gasteiger partial charge >= 0.3 is 200 Å². The minimum absolute atomic E-state index is 0.140. The maximum atomic E-state index is 15.9. The van der Waals surface area contributed by atoms with E-state index in [1.165, 1.54) is 19.1 Å². The third-order valence-electron chi connectivity index (χ3n) is 5.46. The predicted octanol–water partition coefficient (Wildman–Crippen LogP) is 4.98. The summed E-state index contributed by atoms with van der Waals surface area (Å²) >= 11 is -3.31. The Hall–Kier alpha value is -3.14. The quantitative estimate of drug-likeness (QED) is 0.286. The van der Waals surface area contributed by atoms with Crippen LogP contribution in [0.1, 0.15) is 26.3 Å². The van der Waals surface area contributed by atoms with E-state index in [-0.39, 0.29) is 18.4 Å². The van der Waals surface area contributed by atoms with Crippen LogP contribution in [0.3, 0.4) is 0 Å². The van der Waals surface area contributed by atoms with Gasteiger partial charge in [-0.3, -0.25) is 0 Å². The van der Waals surface area contributed by atoms with Crippen LogP contribution in [-0.4, -0.2) is 44.6 Å². The van der Waals surface area contributed by atoms with Gasteiger partial charge in [-0.25, -0.2) is 0 Å². The SMILES string of the molecule is COc1ccc(I(F)c2cc(OC)c(OC)cc2CCN2C(=O)c3ccccc3C2=O)cc1. The van der Waals surface area contributed by atoms with Gasteiger partial charge in [0.1, 0.15) is 0 Å². The second-order valence-corrected chi connectivity index (χ2v) is 11.0. The number of benzene rings is 3. The number of hydrogen-bond donors (Lipinski definition) is 0. The normalized spacial score (nSPS) is 13.1. The Balaban J connectivity index is 1.65. The van der Waals surface area contributed by atoms with Crippen LogP contribution in [0.5, 0.6) is 17.2 Å². The van der Waals surface area contributed by atoms with Crippen molar-refractivity contribution in [3.05, 3.63) is 84.5 Å². The summed E-state index contributed by atoms with van der Waals surface area (Å²) in [5.41, 5.74) is 1.48. The number of rotatable bonds is 8. The minimum atomic E-state index is -3.31. The fraction of sp³-hybridized carbons (Fsp3) is 0.200. The third-order valence-corrected chi connectivity index (χ3v) is 9.29. The van der Waals surface area contributed by atoms with Crippen molar-refractivity contribution in [3.8, 4) is 17.2 Å². The van der Waals surface area contributed by atoms with Crippen molar-refractivity contribution >= 4 is 32.2 Å². The van der Waals surface area contributed by atoms with Gasteiger partial charge in [0, 0.05) is 0 Å². The van der Waals surface area contributed by atoms with E-state index in [9.17, 15) is 9.59 Å². The van der Waals surface area contributed by atoms with Crippen LogP contribution in [0.15, 0.2) is 60.7 Å². The van der Waals surface area contributed by atoms with E-state index in [2.05, 4.69) is 0 Å². The van der Waals surface area contributed by atoms with Gasteiger partial charge in [0.05, 0.1) is 0 Å². The van der Waals surface area contributed by atoms with Crippen LogP contribution in [0.2, 0.25) is 0 Å². The van der Waals surface area contributed by atoms with E-state index < -0.39 is 20.4 Å². The van der Waals surface area contributed by atoms with Gasteiger partial charge in [-0.2, -0.15) is 0 Å². The molecule has 3 aromatic carbocycles. The van der Waals surface area contributed by atoms with Crippen LogP contribution in [-0.2, 0) is 6.42 Å². The molecule has 0 bridgehead atoms. The first-order chi connectivity index (χ1) is 16.0. The summed E-state index contributed by atoms with van der Waals surface area (Å²) in [6, 6.07) is 17.1. The number of amides is 2. The molecular weight excluding hydrogens is 540 g/mol. The molecular formula is C25H23FINO5. The van der Waals surface area contributed by atoms with Gasteiger partial charge in [0.15, 0.2) is 0 Å². The molecule has 0 aliphatic carbocycles. The molecule has 0 saturated carbocycles. The number of carbonyl (C=O) groups excluding carboxylic acids is 2. The van der Waals surface area contributed by atoms with Crippen molar-refractivity contribution in [2.75, 3.05) is 27.9 Å². The van der Waals surface area contributed by atoms with E-state index in [1.54, 1.807) is 67.8 Å². The molecule has 0 radical (unpaired) electrons. The first-order valence-electron chi connectivity index (χ1n) is 10.2. The number of imide groups is 1. The molecule has 0 atom stereocenters. The van der Waals surface area contributed by atoms with Crippen LogP contribution < -0.4 is 14.2 Å². The van der Waals surface area contributed by atoms with Crippen molar-refractivity contribution < 1.29 is 26.7 Å². The van der Waals surface area contributed by atoms with Gasteiger partial charge in [-0.15, -0.1) is 0 Å². The zero-order valence-electron chi connectivity index (χ0n) is 18.4. The van der Waals surface area contributed by atoms with Crippen LogP contribution in [0.25, 0.3) is 0 Å². The molecule has 1 aliphatic heterocycles. The summed E-state index contributed by atoms with van der Waals surface area (Å²) < 4.78 is 33.0. The topological polar surface area (TPSA) is 65.1 Å². The number of halogens is 2. The summed E-state index contributed by atoms with van der Waals surface area (Å²) in [4.78, 5) is 26.7. The zero-order valence-corrected chi connectivity index (χ0v) is 20.6. The summed E-state index contributed by atoms with van der Waals surface area (Å²) in [7, 11) is 4.58. The Labute approximate surface area is 199 Å². The molecule has 6 nitrogen and oxygen atoms in total. The fourth-order valence-electron chi connectivity index (χ4n) is 3.72. The molecule has 1 aliphatic rings. The molecule has 0 unspecified atom stereocenters. The second-order valence-electron chi connectivity index (χ2n) is 7.25. The van der Waals surface area contributed by atoms with Crippen LogP contribution in [0.4, 0.5) is 2.86 Å². The first kappa shape index (κ1) is 23.0. The Morgan fingerprint density at radius 2 is 1.39 bits per heavy atom. The van der Waals surface area contributed by atoms with Gasteiger partial charge in [-0.1, -0.05) is 0 Å². The van der Waals surface area contributed by atoms with Gasteiger partial charge in [-0.05, 0) is 0 Å². The van der Waals surface area contributed by atoms with E-state index in [4.69, 9.17) is 14.2 Å². The average Bonchev–Trinajstić information content (AvgIpc) is 3.11. The molecule has 0 N–H and O–H groups in total. The zero-order chi connectivity index (χ0) is 23.5. The molecule has 172 valence electrons. The number of carbonyl (C=O) groups is 2. The second kappa shape index (κ2) is 9.78. The van der Waals surface area contributed by atoms with Gasteiger partial charge < -0.3 is 0 Å². The number of nitrogens with zero attached hydrogens (tertiary/aromatic N) is 1. The molecule has 2 amide bonds. The predicted molar refractivity (Wildman–Crippen MR) is 131 cm³/mol. The van der Waals surface area contributed by atoms with Crippen LogP contribution >= 0.6 is 20.4 Å². The van der Waals surface area contributed by atoms with E-state index in [0.29, 0.717) is 47.5 Å². The molecule has 0 aromatic heterocycles. The summed E-state index contributed by atoms with van der Waals surface area (Å²) in [6.45, 7) is 0.140. The monoisotopic (exact) mass is 563 g/mol. The Bertz CT molecular complexity index is 1160. The first-order valence-corrected chi connectivity index (χ1v) is 13.2. The fourth-order valence-corrected chi connectivity index (χ4v) is 6.97. The Kier molecular flexibility index (Phi) is 6.83. The average molecular weight is 563 g/mol. The summed E-state index contributed by atoms with van der Waals surface area (Å²) in [5, 5.41) is 0. The van der Waals surface area contributed by atoms with Crippen molar-refractivity contribution in [2.24, 2.45) is 0 Å². The van der Waals surface area contributed by atoms with E-state index >= 15 is 2.86 Å². The number of hydrogen-bond acceptors (Lipinski definition) is 5. The molecule has 4 rings (SSSR count). The van der Waals surface area contributed by atoms with E-state index in [1.807, 2.05) is 0 Å². The van der Waals surface area contributed by atoms with Crippen LogP contribution in [0, 0.1) is 7.14 Å². The van der Waals surface area contributed by atoms with Gasteiger partial charge in [0.2, 0.25) is 0 Å². The number of fused-ring (bicyclic) bond motifs is 1. The van der Waals surface area contributed by atoms with Gasteiger partial charge in [0.25, 0.3) is 0 Å². The molecule has 1 heterocycles. The maximum absolute atomic E-state index is 15.9. The number of ether oxygens (including phenoxy) is 3. The Morgan fingerprint density at radius 3 is 1.94 bits per heavy atom. The summed E-state index contributed by atoms with van der Waals surface area (Å²) in [6.07, 6.45) is 0.301. The molecule has 0 fully saturated rings. The summed E-state index contributed by atoms with van der Waals surface area (Å²) in [5.74, 6) is 0.899. The molecule has 8 heteroatoms. The molecule has 3 aromatic rings. The van der Waals surface area contributed by atoms with E-state index in [0.717, 1.165) is 0 Å². The van der Waals surface area contributed by atoms with Crippen molar-refractivity contribution in [3.63, 3.8) is 0 Å². The molecule has 0 spiro atoms. The number of methoxy groups -OCH3 is 3. The Morgan fingerprint density at radius 1 is 0.818 bits per heavy atom. The van der Waals surface area contributed by atoms with Crippen molar-refractivity contribution in [1.82, 2.24) is 4.90 Å². The third kappa shape index (κ3) is 4.39. The standard InChI is InChI=1S/C25H23FINO5/c1-31-18-10-8-17(9-11-18)27(26)21-15-23(33-3)22(32-2)14-16(21)12-13-28-24(29)19-6-4-5-7-20(19)25(28)30/h4-11,14-15H,12-13H2,1-3H3. The van der Waals surface area contributed by atoms with Crippen molar-refractivity contribution in [2.45, 2.75) is 6.42 Å². The molecule has 33 heavy (non-hydrogen) atoms. The molecule has 0 saturated heterocycles. The van der Waals surface area contributed by atoms with Crippen molar-refractivity contribution in [1.29, 1.82) is 0 Å².